The first kappa shape index (κ1) is 19.9. The van der Waals surface area contributed by atoms with Crippen molar-refractivity contribution in [2.45, 2.75) is 65.3 Å². The number of aromatic amines is 1. The van der Waals surface area contributed by atoms with Crippen molar-refractivity contribution in [3.05, 3.63) is 54.8 Å². The van der Waals surface area contributed by atoms with Crippen molar-refractivity contribution in [1.82, 2.24) is 14.5 Å². The Hall–Kier alpha value is -2.41. The van der Waals surface area contributed by atoms with Crippen molar-refractivity contribution < 1.29 is 4.74 Å². The minimum Gasteiger partial charge on any atom is -0.488 e. The lowest BCUT2D eigenvalue weighted by Crippen LogP contribution is -2.27. The molecule has 29 heavy (non-hydrogen) atoms. The van der Waals surface area contributed by atoms with Crippen LogP contribution in [0.5, 0.6) is 5.75 Å². The molecule has 3 aromatic heterocycles. The molecule has 0 spiro atoms. The van der Waals surface area contributed by atoms with Crippen LogP contribution in [0.25, 0.3) is 10.2 Å². The van der Waals surface area contributed by atoms with Gasteiger partial charge in [0.25, 0.3) is 5.56 Å². The van der Waals surface area contributed by atoms with Gasteiger partial charge in [-0.25, -0.2) is 4.98 Å². The maximum absolute atomic E-state index is 13.5. The van der Waals surface area contributed by atoms with E-state index in [1.807, 2.05) is 20.8 Å². The summed E-state index contributed by atoms with van der Waals surface area (Å²) in [5.74, 6) is 1.17. The van der Waals surface area contributed by atoms with E-state index in [-0.39, 0.29) is 16.9 Å². The second-order valence-corrected chi connectivity index (χ2v) is 9.03. The van der Waals surface area contributed by atoms with E-state index >= 15 is 0 Å². The Morgan fingerprint density at radius 3 is 2.79 bits per heavy atom. The predicted octanol–water partition coefficient (Wildman–Crippen LogP) is 3.99. The average molecular weight is 414 g/mol. The van der Waals surface area contributed by atoms with E-state index in [1.165, 1.54) is 22.9 Å². The first-order chi connectivity index (χ1) is 14.0. The van der Waals surface area contributed by atoms with Crippen LogP contribution < -0.4 is 15.7 Å². The first-order valence-corrected chi connectivity index (χ1v) is 11.2. The SMILES string of the molecule is CCCOc1c[nH]c(Cn2c(C(C)C)nc3sc4c(c3c2=O)CCCC4)cc1=O. The molecule has 0 radical (unpaired) electrons. The van der Waals surface area contributed by atoms with Crippen LogP contribution in [0.3, 0.4) is 0 Å². The molecule has 3 heterocycles. The average Bonchev–Trinajstić information content (AvgIpc) is 3.08. The van der Waals surface area contributed by atoms with E-state index < -0.39 is 0 Å². The molecule has 0 aliphatic heterocycles. The minimum atomic E-state index is -0.173. The van der Waals surface area contributed by atoms with E-state index in [1.54, 1.807) is 22.1 Å². The third-order valence-electron chi connectivity index (χ3n) is 5.35. The molecular weight excluding hydrogens is 386 g/mol. The number of aromatic nitrogens is 3. The zero-order valence-corrected chi connectivity index (χ0v) is 18.0. The maximum Gasteiger partial charge on any atom is 0.262 e. The normalized spacial score (nSPS) is 13.8. The highest BCUT2D eigenvalue weighted by Crippen LogP contribution is 2.34. The van der Waals surface area contributed by atoms with Crippen LogP contribution >= 0.6 is 11.3 Å². The standard InChI is InChI=1S/C22H27N3O3S/c1-4-9-28-17-11-23-14(10-16(17)26)12-25-20(13(2)3)24-21-19(22(25)27)15-7-5-6-8-18(15)29-21/h10-11,13H,4-9,12H2,1-3H3,(H,23,26). The highest BCUT2D eigenvalue weighted by Gasteiger charge is 2.23. The van der Waals surface area contributed by atoms with E-state index in [4.69, 9.17) is 9.72 Å². The van der Waals surface area contributed by atoms with Crippen molar-refractivity contribution in [2.24, 2.45) is 0 Å². The van der Waals surface area contributed by atoms with Gasteiger partial charge in [0.05, 0.1) is 18.5 Å². The largest absolute Gasteiger partial charge is 0.488 e. The lowest BCUT2D eigenvalue weighted by molar-refractivity contribution is 0.313. The van der Waals surface area contributed by atoms with Crippen LogP contribution in [0.15, 0.2) is 21.9 Å². The fourth-order valence-electron chi connectivity index (χ4n) is 3.93. The van der Waals surface area contributed by atoms with Crippen LogP contribution in [-0.4, -0.2) is 21.1 Å². The van der Waals surface area contributed by atoms with Crippen LogP contribution in [0.4, 0.5) is 0 Å². The molecular formula is C22H27N3O3S. The highest BCUT2D eigenvalue weighted by atomic mass is 32.1. The molecule has 0 saturated carbocycles. The summed E-state index contributed by atoms with van der Waals surface area (Å²) in [6.07, 6.45) is 6.72. The number of nitrogens with zero attached hydrogens (tertiary/aromatic N) is 2. The number of H-pyrrole nitrogens is 1. The number of hydrogen-bond donors (Lipinski definition) is 1. The molecule has 1 aliphatic rings. The monoisotopic (exact) mass is 413 g/mol. The number of thiophene rings is 1. The van der Waals surface area contributed by atoms with E-state index in [2.05, 4.69) is 4.98 Å². The van der Waals surface area contributed by atoms with Crippen LogP contribution in [0.2, 0.25) is 0 Å². The highest BCUT2D eigenvalue weighted by molar-refractivity contribution is 7.18. The molecule has 154 valence electrons. The summed E-state index contributed by atoms with van der Waals surface area (Å²) in [4.78, 5) is 36.0. The molecule has 0 unspecified atom stereocenters. The van der Waals surface area contributed by atoms with Crippen molar-refractivity contribution in [3.8, 4) is 5.75 Å². The van der Waals surface area contributed by atoms with Gasteiger partial charge < -0.3 is 9.72 Å². The Balaban J connectivity index is 1.79. The Kier molecular flexibility index (Phi) is 5.58. The molecule has 0 aromatic carbocycles. The number of aryl methyl sites for hydroxylation is 2. The second-order valence-electron chi connectivity index (χ2n) is 7.94. The quantitative estimate of drug-likeness (QED) is 0.663. The summed E-state index contributed by atoms with van der Waals surface area (Å²) in [6.45, 7) is 6.88. The van der Waals surface area contributed by atoms with E-state index in [0.717, 1.165) is 41.7 Å². The molecule has 0 amide bonds. The first-order valence-electron chi connectivity index (χ1n) is 10.4. The molecule has 4 rings (SSSR count). The Morgan fingerprint density at radius 1 is 1.28 bits per heavy atom. The third-order valence-corrected chi connectivity index (χ3v) is 6.53. The van der Waals surface area contributed by atoms with Gasteiger partial charge >= 0.3 is 0 Å². The number of nitrogens with one attached hydrogen (secondary N) is 1. The fraction of sp³-hybridized carbons (Fsp3) is 0.500. The summed E-state index contributed by atoms with van der Waals surface area (Å²) >= 11 is 1.67. The third kappa shape index (κ3) is 3.75. The smallest absolute Gasteiger partial charge is 0.262 e. The minimum absolute atomic E-state index is 0.00487. The number of fused-ring (bicyclic) bond motifs is 3. The summed E-state index contributed by atoms with van der Waals surface area (Å²) in [5, 5.41) is 0.777. The second kappa shape index (κ2) is 8.14. The molecule has 0 saturated heterocycles. The number of hydrogen-bond acceptors (Lipinski definition) is 5. The van der Waals surface area contributed by atoms with Crippen molar-refractivity contribution in [2.75, 3.05) is 6.61 Å². The van der Waals surface area contributed by atoms with Gasteiger partial charge in [0.1, 0.15) is 10.7 Å². The molecule has 3 aromatic rings. The van der Waals surface area contributed by atoms with E-state index in [0.29, 0.717) is 24.6 Å². The number of pyridine rings is 1. The molecule has 0 bridgehead atoms. The van der Waals surface area contributed by atoms with Gasteiger partial charge in [-0.2, -0.15) is 0 Å². The summed E-state index contributed by atoms with van der Waals surface area (Å²) in [5.41, 5.74) is 1.70. The molecule has 1 aliphatic carbocycles. The topological polar surface area (TPSA) is 77.0 Å². The summed E-state index contributed by atoms with van der Waals surface area (Å²) in [7, 11) is 0. The molecule has 0 atom stereocenters. The summed E-state index contributed by atoms with van der Waals surface area (Å²) in [6, 6.07) is 1.52. The Bertz CT molecular complexity index is 1160. The molecule has 1 N–H and O–H groups in total. The lowest BCUT2D eigenvalue weighted by atomic mass is 9.97. The van der Waals surface area contributed by atoms with Gasteiger partial charge in [-0.05, 0) is 37.7 Å². The molecule has 6 nitrogen and oxygen atoms in total. The van der Waals surface area contributed by atoms with Crippen molar-refractivity contribution in [1.29, 1.82) is 0 Å². The Morgan fingerprint density at radius 2 is 2.07 bits per heavy atom. The zero-order valence-electron chi connectivity index (χ0n) is 17.2. The van der Waals surface area contributed by atoms with Gasteiger partial charge in [-0.1, -0.05) is 20.8 Å². The Labute approximate surface area is 173 Å². The molecule has 0 fully saturated rings. The van der Waals surface area contributed by atoms with Crippen molar-refractivity contribution >= 4 is 21.6 Å². The van der Waals surface area contributed by atoms with Crippen LogP contribution in [-0.2, 0) is 19.4 Å². The fourth-order valence-corrected chi connectivity index (χ4v) is 5.19. The van der Waals surface area contributed by atoms with Gasteiger partial charge in [-0.15, -0.1) is 11.3 Å². The van der Waals surface area contributed by atoms with Crippen molar-refractivity contribution in [3.63, 3.8) is 0 Å². The lowest BCUT2D eigenvalue weighted by Gasteiger charge is -2.16. The maximum atomic E-state index is 13.5. The van der Waals surface area contributed by atoms with E-state index in [9.17, 15) is 9.59 Å². The summed E-state index contributed by atoms with van der Waals surface area (Å²) < 4.78 is 7.19. The molecule has 7 heteroatoms. The number of rotatable bonds is 6. The van der Waals surface area contributed by atoms with Crippen LogP contribution in [0.1, 0.15) is 67.9 Å². The van der Waals surface area contributed by atoms with Gasteiger partial charge in [0, 0.05) is 28.8 Å². The van der Waals surface area contributed by atoms with Gasteiger partial charge in [0.15, 0.2) is 5.75 Å². The predicted molar refractivity (Wildman–Crippen MR) is 117 cm³/mol. The van der Waals surface area contributed by atoms with Gasteiger partial charge in [-0.3, -0.25) is 14.2 Å². The van der Waals surface area contributed by atoms with Crippen LogP contribution in [0, 0.1) is 0 Å². The number of ether oxygens (including phenoxy) is 1. The zero-order chi connectivity index (χ0) is 20.5. The van der Waals surface area contributed by atoms with Gasteiger partial charge in [0.2, 0.25) is 5.43 Å².